The van der Waals surface area contributed by atoms with Gasteiger partial charge in [0, 0.05) is 59.5 Å². The van der Waals surface area contributed by atoms with Gasteiger partial charge in [0.2, 0.25) is 29.5 Å². The fourth-order valence-corrected chi connectivity index (χ4v) is 7.75. The summed E-state index contributed by atoms with van der Waals surface area (Å²) >= 11 is 1.13. The number of aromatic nitrogens is 3. The van der Waals surface area contributed by atoms with Crippen LogP contribution in [-0.2, 0) is 41.6 Å². The maximum Gasteiger partial charge on any atom is 0.271 e. The SMILES string of the molecule is C=C1NC(=O)[C@@H](C)NC(=O)CNC(=O)[C@H](Cc2c[nH]c3cccc(OC)c23)NC(=O)[C@H](Cc2c[nH]c3ccccc23)NC(=O)c2csc(n2)[C@@H](CC)NC(=O)CN(C)C1=O. The van der Waals surface area contributed by atoms with Crippen molar-refractivity contribution in [2.45, 2.75) is 57.3 Å². The molecule has 18 nitrogen and oxygen atoms in total. The van der Waals surface area contributed by atoms with Crippen LogP contribution in [0.3, 0.4) is 0 Å². The highest BCUT2D eigenvalue weighted by Crippen LogP contribution is 2.29. The summed E-state index contributed by atoms with van der Waals surface area (Å²) in [5.74, 6) is -4.38. The second kappa shape index (κ2) is 18.7. The Morgan fingerprint density at radius 2 is 1.52 bits per heavy atom. The largest absolute Gasteiger partial charge is 0.496 e. The van der Waals surface area contributed by atoms with Crippen molar-refractivity contribution in [2.24, 2.45) is 0 Å². The Labute approximate surface area is 348 Å². The average Bonchev–Trinajstić information content (AvgIpc) is 4.00. The Morgan fingerprint density at radius 1 is 0.817 bits per heavy atom. The van der Waals surface area contributed by atoms with Gasteiger partial charge in [-0.15, -0.1) is 11.3 Å². The average molecular weight is 839 g/mol. The van der Waals surface area contributed by atoms with Gasteiger partial charge in [-0.1, -0.05) is 37.8 Å². The number of methoxy groups -OCH3 is 1. The Morgan fingerprint density at radius 3 is 2.28 bits per heavy atom. The number of thiazole rings is 1. The number of aromatic amines is 2. The van der Waals surface area contributed by atoms with Gasteiger partial charge in [-0.25, -0.2) is 4.98 Å². The molecule has 0 unspecified atom stereocenters. The number of fused-ring (bicyclic) bond motifs is 4. The summed E-state index contributed by atoms with van der Waals surface area (Å²) in [6, 6.07) is 8.56. The Hall–Kier alpha value is -7.02. The van der Waals surface area contributed by atoms with Crippen LogP contribution in [0.4, 0.5) is 0 Å². The Balaban J connectivity index is 1.35. The fourth-order valence-electron chi connectivity index (χ4n) is 6.82. The molecule has 6 rings (SSSR count). The molecule has 2 aromatic carbocycles. The Kier molecular flexibility index (Phi) is 13.3. The van der Waals surface area contributed by atoms with E-state index in [1.165, 1.54) is 26.5 Å². The lowest BCUT2D eigenvalue weighted by Crippen LogP contribution is -2.56. The summed E-state index contributed by atoms with van der Waals surface area (Å²) in [7, 11) is 2.87. The molecule has 19 heteroatoms. The minimum Gasteiger partial charge on any atom is -0.496 e. The van der Waals surface area contributed by atoms with E-state index in [0.717, 1.165) is 38.2 Å². The molecule has 60 heavy (non-hydrogen) atoms. The molecule has 0 spiro atoms. The number of rotatable bonds is 6. The topological polar surface area (TPSA) is 249 Å². The predicted octanol–water partition coefficient (Wildman–Crippen LogP) is 1.47. The summed E-state index contributed by atoms with van der Waals surface area (Å²) in [5.41, 5.74) is 2.54. The predicted molar refractivity (Wildman–Crippen MR) is 223 cm³/mol. The van der Waals surface area contributed by atoms with Crippen LogP contribution in [0.5, 0.6) is 5.75 Å². The zero-order valence-electron chi connectivity index (χ0n) is 33.4. The number of amides is 7. The summed E-state index contributed by atoms with van der Waals surface area (Å²) in [6.45, 7) is 5.83. The minimum atomic E-state index is -1.28. The number of H-pyrrole nitrogens is 2. The maximum atomic E-state index is 14.4. The molecule has 4 heterocycles. The van der Waals surface area contributed by atoms with Crippen molar-refractivity contribution in [1.82, 2.24) is 51.8 Å². The summed E-state index contributed by atoms with van der Waals surface area (Å²) in [5, 5.41) is 19.2. The molecule has 1 aliphatic rings. The number of nitrogens with zero attached hydrogens (tertiary/aromatic N) is 2. The number of ether oxygens (including phenoxy) is 1. The van der Waals surface area contributed by atoms with E-state index in [4.69, 9.17) is 4.74 Å². The van der Waals surface area contributed by atoms with E-state index >= 15 is 0 Å². The number of benzene rings is 2. The van der Waals surface area contributed by atoms with Crippen molar-refractivity contribution in [1.29, 1.82) is 0 Å². The van der Waals surface area contributed by atoms with Crippen molar-refractivity contribution < 1.29 is 38.3 Å². The van der Waals surface area contributed by atoms with E-state index in [1.54, 1.807) is 24.5 Å². The number of hydrogen-bond acceptors (Lipinski definition) is 10. The lowest BCUT2D eigenvalue weighted by molar-refractivity contribution is -0.133. The Bertz CT molecular complexity index is 2470. The van der Waals surface area contributed by atoms with E-state index in [2.05, 4.69) is 53.4 Å². The van der Waals surface area contributed by atoms with Gasteiger partial charge in [-0.3, -0.25) is 33.6 Å². The fraction of sp³-hybridized carbons (Fsp3) is 0.317. The van der Waals surface area contributed by atoms with Crippen molar-refractivity contribution >= 4 is 74.5 Å². The number of nitrogens with one attached hydrogen (secondary N) is 8. The highest BCUT2D eigenvalue weighted by atomic mass is 32.1. The molecule has 5 aromatic rings. The van der Waals surface area contributed by atoms with Gasteiger partial charge in [0.15, 0.2) is 0 Å². The lowest BCUT2D eigenvalue weighted by Gasteiger charge is -2.23. The quantitative estimate of drug-likeness (QED) is 0.115. The van der Waals surface area contributed by atoms with E-state index in [1.807, 2.05) is 37.3 Å². The summed E-state index contributed by atoms with van der Waals surface area (Å²) in [6.07, 6.45) is 3.79. The third-order valence-corrected chi connectivity index (χ3v) is 11.0. The number of hydrogen-bond donors (Lipinski definition) is 8. The smallest absolute Gasteiger partial charge is 0.271 e. The third kappa shape index (κ3) is 9.80. The number of para-hydroxylation sites is 1. The van der Waals surface area contributed by atoms with Crippen molar-refractivity contribution in [3.05, 3.63) is 94.3 Å². The molecule has 7 amide bonds. The molecule has 0 saturated carbocycles. The van der Waals surface area contributed by atoms with Crippen molar-refractivity contribution in [3.63, 3.8) is 0 Å². The maximum absolute atomic E-state index is 14.4. The minimum absolute atomic E-state index is 0.00589. The summed E-state index contributed by atoms with van der Waals surface area (Å²) < 4.78 is 5.59. The molecular weight excluding hydrogens is 793 g/mol. The van der Waals surface area contributed by atoms with Crippen LogP contribution in [0.15, 0.2) is 72.5 Å². The van der Waals surface area contributed by atoms with Gasteiger partial charge in [0.25, 0.3) is 11.8 Å². The van der Waals surface area contributed by atoms with E-state index in [0.29, 0.717) is 28.1 Å². The van der Waals surface area contributed by atoms with E-state index in [-0.39, 0.29) is 24.2 Å². The molecule has 0 saturated heterocycles. The van der Waals surface area contributed by atoms with Crippen LogP contribution >= 0.6 is 11.3 Å². The van der Waals surface area contributed by atoms with E-state index in [9.17, 15) is 33.6 Å². The van der Waals surface area contributed by atoms with Gasteiger partial charge in [0.05, 0.1) is 31.9 Å². The van der Waals surface area contributed by atoms with Crippen LogP contribution in [-0.4, -0.2) is 107 Å². The highest BCUT2D eigenvalue weighted by molar-refractivity contribution is 7.09. The monoisotopic (exact) mass is 838 g/mol. The van der Waals surface area contributed by atoms with Crippen molar-refractivity contribution in [2.75, 3.05) is 27.2 Å². The lowest BCUT2D eigenvalue weighted by atomic mass is 10.0. The normalized spacial score (nSPS) is 20.8. The first-order valence-corrected chi connectivity index (χ1v) is 20.0. The van der Waals surface area contributed by atoms with Gasteiger partial charge < -0.3 is 51.5 Å². The van der Waals surface area contributed by atoms with Gasteiger partial charge in [-0.2, -0.15) is 0 Å². The molecule has 4 atom stereocenters. The second-order valence-corrected chi connectivity index (χ2v) is 15.2. The van der Waals surface area contributed by atoms with Crippen LogP contribution in [0, 0.1) is 0 Å². The van der Waals surface area contributed by atoms with Gasteiger partial charge in [-0.05, 0) is 42.7 Å². The van der Waals surface area contributed by atoms with Crippen LogP contribution < -0.4 is 36.6 Å². The van der Waals surface area contributed by atoms with E-state index < -0.39 is 78.6 Å². The first kappa shape index (κ1) is 42.6. The zero-order chi connectivity index (χ0) is 43.1. The van der Waals surface area contributed by atoms with Crippen LogP contribution in [0.25, 0.3) is 21.8 Å². The van der Waals surface area contributed by atoms with Gasteiger partial charge in [0.1, 0.15) is 34.6 Å². The number of likely N-dealkylation sites (N-methyl/N-ethyl adjacent to an activating group) is 1. The standard InChI is InChI=1S/C41H46N10O8S/c1-6-26-40-50-31(20-60-40)39(57)49-30(14-23-16-42-27-11-8-7-10-25(23)27)38(56)48-29(15-24-17-43-28-12-9-13-32(59-5)35(24)28)37(55)44-18-33(52)45-21(2)36(54)46-22(3)41(58)51(4)19-34(53)47-26/h7-13,16-17,20-21,26,29-30,42-43H,3,6,14-15,18-19H2,1-2,4-5H3,(H,44,55)(H,45,52)(H,46,54)(H,47,53)(H,48,56)(H,49,57)/t21-,26-,29+,30+/m1/s1. The number of carbonyl (C=O) groups excluding carboxylic acids is 7. The molecule has 8 N–H and O–H groups in total. The summed E-state index contributed by atoms with van der Waals surface area (Å²) in [4.78, 5) is 106. The van der Waals surface area contributed by atoms with Crippen LogP contribution in [0.1, 0.15) is 52.9 Å². The molecule has 3 aromatic heterocycles. The molecule has 1 aliphatic heterocycles. The first-order chi connectivity index (χ1) is 28.8. The van der Waals surface area contributed by atoms with Crippen molar-refractivity contribution in [3.8, 4) is 5.75 Å². The molecule has 0 radical (unpaired) electrons. The number of carbonyl (C=O) groups is 7. The first-order valence-electron chi connectivity index (χ1n) is 19.1. The molecule has 314 valence electrons. The molecular formula is C41H46N10O8S. The molecule has 0 aliphatic carbocycles. The zero-order valence-corrected chi connectivity index (χ0v) is 34.2. The van der Waals surface area contributed by atoms with Gasteiger partial charge >= 0.3 is 0 Å². The molecule has 2 bridgehead atoms. The van der Waals surface area contributed by atoms with Crippen LogP contribution in [0.2, 0.25) is 0 Å². The third-order valence-electron chi connectivity index (χ3n) is 10.00. The second-order valence-electron chi connectivity index (χ2n) is 14.3. The highest BCUT2D eigenvalue weighted by Gasteiger charge is 2.31. The molecule has 0 fully saturated rings.